The van der Waals surface area contributed by atoms with Crippen molar-refractivity contribution in [2.75, 3.05) is 11.9 Å². The van der Waals surface area contributed by atoms with Gasteiger partial charge in [-0.1, -0.05) is 31.7 Å². The molecule has 17 heavy (non-hydrogen) atoms. The fourth-order valence-electron chi connectivity index (χ4n) is 2.33. The highest BCUT2D eigenvalue weighted by Gasteiger charge is 2.27. The molecular formula is C13H19FN2O. The molecule has 2 rings (SSSR count). The first kappa shape index (κ1) is 12.3. The van der Waals surface area contributed by atoms with Crippen LogP contribution in [0.2, 0.25) is 0 Å². The van der Waals surface area contributed by atoms with Crippen LogP contribution < -0.4 is 5.32 Å². The summed E-state index contributed by atoms with van der Waals surface area (Å²) in [6.45, 7) is 0.448. The lowest BCUT2D eigenvalue weighted by Crippen LogP contribution is -2.36. The summed E-state index contributed by atoms with van der Waals surface area (Å²) < 4.78 is 12.9. The van der Waals surface area contributed by atoms with Crippen molar-refractivity contribution in [3.63, 3.8) is 0 Å². The zero-order valence-electron chi connectivity index (χ0n) is 9.95. The number of aromatic nitrogens is 1. The number of hydrogen-bond donors (Lipinski definition) is 2. The lowest BCUT2D eigenvalue weighted by molar-refractivity contribution is 0.0380. The summed E-state index contributed by atoms with van der Waals surface area (Å²) >= 11 is 0. The van der Waals surface area contributed by atoms with Crippen molar-refractivity contribution < 1.29 is 9.50 Å². The van der Waals surface area contributed by atoms with Crippen LogP contribution in [0.5, 0.6) is 0 Å². The van der Waals surface area contributed by atoms with Crippen LogP contribution in [0.3, 0.4) is 0 Å². The van der Waals surface area contributed by atoms with E-state index in [9.17, 15) is 9.50 Å². The Kier molecular flexibility index (Phi) is 3.94. The third-order valence-corrected chi connectivity index (χ3v) is 3.35. The Morgan fingerprint density at radius 1 is 1.24 bits per heavy atom. The number of pyridine rings is 1. The first-order valence-electron chi connectivity index (χ1n) is 6.27. The summed E-state index contributed by atoms with van der Waals surface area (Å²) in [5.41, 5.74) is -0.662. The van der Waals surface area contributed by atoms with Gasteiger partial charge in [0.05, 0.1) is 5.60 Å². The van der Waals surface area contributed by atoms with Crippen LogP contribution in [0.1, 0.15) is 38.5 Å². The van der Waals surface area contributed by atoms with Gasteiger partial charge in [0.25, 0.3) is 0 Å². The quantitative estimate of drug-likeness (QED) is 0.628. The van der Waals surface area contributed by atoms with Crippen LogP contribution in [0.25, 0.3) is 0 Å². The molecule has 1 aromatic heterocycles. The molecule has 0 unspecified atom stereocenters. The minimum Gasteiger partial charge on any atom is -0.388 e. The van der Waals surface area contributed by atoms with Gasteiger partial charge in [0.1, 0.15) is 5.82 Å². The minimum atomic E-state index is -0.662. The van der Waals surface area contributed by atoms with Crippen molar-refractivity contribution in [2.24, 2.45) is 0 Å². The van der Waals surface area contributed by atoms with E-state index in [1.54, 1.807) is 12.1 Å². The van der Waals surface area contributed by atoms with Gasteiger partial charge in [-0.25, -0.2) is 4.98 Å². The molecule has 1 aliphatic rings. The molecule has 1 aliphatic carbocycles. The third-order valence-electron chi connectivity index (χ3n) is 3.35. The molecule has 1 aromatic rings. The molecule has 3 nitrogen and oxygen atoms in total. The maximum Gasteiger partial charge on any atom is 0.214 e. The van der Waals surface area contributed by atoms with Gasteiger partial charge in [0.2, 0.25) is 5.95 Å². The predicted octanol–water partition coefficient (Wildman–Crippen LogP) is 2.72. The molecule has 1 saturated carbocycles. The van der Waals surface area contributed by atoms with Gasteiger partial charge in [-0.15, -0.1) is 0 Å². The highest BCUT2D eigenvalue weighted by molar-refractivity contribution is 5.34. The van der Waals surface area contributed by atoms with Crippen molar-refractivity contribution in [2.45, 2.75) is 44.1 Å². The Hall–Kier alpha value is -1.16. The van der Waals surface area contributed by atoms with E-state index in [2.05, 4.69) is 10.3 Å². The van der Waals surface area contributed by atoms with Crippen molar-refractivity contribution in [1.29, 1.82) is 0 Å². The highest BCUT2D eigenvalue weighted by atomic mass is 19.1. The zero-order chi connectivity index (χ0) is 12.1. The van der Waals surface area contributed by atoms with Crippen LogP contribution in [-0.4, -0.2) is 22.2 Å². The average molecular weight is 238 g/mol. The van der Waals surface area contributed by atoms with Gasteiger partial charge in [0.15, 0.2) is 0 Å². The normalized spacial score (nSPS) is 19.6. The summed E-state index contributed by atoms with van der Waals surface area (Å²) in [5, 5.41) is 13.4. The Bertz CT molecular complexity index is 362. The smallest absolute Gasteiger partial charge is 0.214 e. The second kappa shape index (κ2) is 5.45. The Labute approximate surface area is 101 Å². The zero-order valence-corrected chi connectivity index (χ0v) is 9.95. The van der Waals surface area contributed by atoms with E-state index in [1.165, 1.54) is 18.9 Å². The number of hydrogen-bond acceptors (Lipinski definition) is 3. The van der Waals surface area contributed by atoms with Gasteiger partial charge < -0.3 is 10.4 Å². The third kappa shape index (κ3) is 3.66. The van der Waals surface area contributed by atoms with Gasteiger partial charge in [-0.05, 0) is 25.0 Å². The van der Waals surface area contributed by atoms with Crippen molar-refractivity contribution in [3.05, 3.63) is 24.1 Å². The van der Waals surface area contributed by atoms with E-state index in [0.29, 0.717) is 12.4 Å². The van der Waals surface area contributed by atoms with Crippen LogP contribution >= 0.6 is 0 Å². The number of halogens is 1. The van der Waals surface area contributed by atoms with Gasteiger partial charge >= 0.3 is 0 Å². The summed E-state index contributed by atoms with van der Waals surface area (Å²) in [5.74, 6) is -0.00877. The van der Waals surface area contributed by atoms with Gasteiger partial charge in [-0.3, -0.25) is 0 Å². The second-order valence-electron chi connectivity index (χ2n) is 4.84. The molecule has 2 N–H and O–H groups in total. The van der Waals surface area contributed by atoms with E-state index in [0.717, 1.165) is 25.7 Å². The maximum absolute atomic E-state index is 12.9. The van der Waals surface area contributed by atoms with E-state index >= 15 is 0 Å². The molecule has 0 bridgehead atoms. The number of anilines is 1. The molecule has 0 aliphatic heterocycles. The predicted molar refractivity (Wildman–Crippen MR) is 65.3 cm³/mol. The van der Waals surface area contributed by atoms with E-state index < -0.39 is 11.5 Å². The molecule has 0 amide bonds. The number of rotatable bonds is 3. The molecule has 0 aromatic carbocycles. The standard InChI is InChI=1S/C13H19FN2O/c14-11-6-5-7-12(16-11)15-10-13(17)8-3-1-2-4-9-13/h5-7,17H,1-4,8-10H2,(H,15,16). The van der Waals surface area contributed by atoms with E-state index in [1.807, 2.05) is 0 Å². The van der Waals surface area contributed by atoms with E-state index in [4.69, 9.17) is 0 Å². The van der Waals surface area contributed by atoms with Crippen LogP contribution in [0.15, 0.2) is 18.2 Å². The van der Waals surface area contributed by atoms with Crippen molar-refractivity contribution >= 4 is 5.82 Å². The first-order valence-corrected chi connectivity index (χ1v) is 6.27. The number of nitrogens with one attached hydrogen (secondary N) is 1. The molecule has 1 heterocycles. The topological polar surface area (TPSA) is 45.1 Å². The summed E-state index contributed by atoms with van der Waals surface area (Å²) in [4.78, 5) is 3.72. The highest BCUT2D eigenvalue weighted by Crippen LogP contribution is 2.27. The van der Waals surface area contributed by atoms with Crippen LogP contribution in [0, 0.1) is 5.95 Å². The lowest BCUT2D eigenvalue weighted by Gasteiger charge is -2.27. The average Bonchev–Trinajstić information content (AvgIpc) is 2.53. The largest absolute Gasteiger partial charge is 0.388 e. The SMILES string of the molecule is OC1(CNc2cccc(F)n2)CCCCCC1. The molecular weight excluding hydrogens is 219 g/mol. The summed E-state index contributed by atoms with van der Waals surface area (Å²) in [7, 11) is 0. The van der Waals surface area contributed by atoms with Gasteiger partial charge in [0, 0.05) is 6.54 Å². The van der Waals surface area contributed by atoms with Crippen LogP contribution in [0.4, 0.5) is 10.2 Å². The second-order valence-corrected chi connectivity index (χ2v) is 4.84. The fraction of sp³-hybridized carbons (Fsp3) is 0.615. The Morgan fingerprint density at radius 3 is 2.59 bits per heavy atom. The number of nitrogens with zero attached hydrogens (tertiary/aromatic N) is 1. The van der Waals surface area contributed by atoms with Crippen molar-refractivity contribution in [3.8, 4) is 0 Å². The van der Waals surface area contributed by atoms with E-state index in [-0.39, 0.29) is 0 Å². The monoisotopic (exact) mass is 238 g/mol. The molecule has 1 fully saturated rings. The summed E-state index contributed by atoms with van der Waals surface area (Å²) in [6, 6.07) is 4.64. The first-order chi connectivity index (χ1) is 8.18. The Balaban J connectivity index is 1.92. The minimum absolute atomic E-state index is 0.448. The molecule has 94 valence electrons. The molecule has 4 heteroatoms. The van der Waals surface area contributed by atoms with Gasteiger partial charge in [-0.2, -0.15) is 4.39 Å². The maximum atomic E-state index is 12.9. The van der Waals surface area contributed by atoms with Crippen molar-refractivity contribution in [1.82, 2.24) is 4.98 Å². The van der Waals surface area contributed by atoms with Crippen LogP contribution in [-0.2, 0) is 0 Å². The molecule has 0 atom stereocenters. The molecule has 0 saturated heterocycles. The molecule has 0 radical (unpaired) electrons. The number of aliphatic hydroxyl groups is 1. The molecule has 0 spiro atoms. The summed E-state index contributed by atoms with van der Waals surface area (Å²) in [6.07, 6.45) is 6.15. The lowest BCUT2D eigenvalue weighted by atomic mass is 9.94. The Morgan fingerprint density at radius 2 is 1.94 bits per heavy atom. The fourth-order valence-corrected chi connectivity index (χ4v) is 2.33.